The third-order valence-electron chi connectivity index (χ3n) is 2.03. The SMILES string of the molecule is CC(C)(C)OC(=O)N/N=C\c1ccccc1OCC(=O)O. The van der Waals surface area contributed by atoms with Gasteiger partial charge in [-0.15, -0.1) is 0 Å². The molecule has 1 aromatic carbocycles. The number of nitrogens with one attached hydrogen (secondary N) is 1. The predicted molar refractivity (Wildman–Crippen MR) is 76.5 cm³/mol. The second-order valence-electron chi connectivity index (χ2n) is 5.09. The number of amides is 1. The smallest absolute Gasteiger partial charge is 0.428 e. The van der Waals surface area contributed by atoms with Gasteiger partial charge in [0.05, 0.1) is 6.21 Å². The minimum Gasteiger partial charge on any atom is -0.481 e. The van der Waals surface area contributed by atoms with Gasteiger partial charge in [0.1, 0.15) is 11.4 Å². The van der Waals surface area contributed by atoms with Crippen LogP contribution in [-0.2, 0) is 9.53 Å². The largest absolute Gasteiger partial charge is 0.481 e. The highest BCUT2D eigenvalue weighted by molar-refractivity contribution is 5.84. The lowest BCUT2D eigenvalue weighted by Crippen LogP contribution is -2.29. The molecule has 0 bridgehead atoms. The number of hydrogen-bond donors (Lipinski definition) is 2. The second-order valence-corrected chi connectivity index (χ2v) is 5.09. The van der Waals surface area contributed by atoms with E-state index in [2.05, 4.69) is 10.5 Å². The van der Waals surface area contributed by atoms with Crippen molar-refractivity contribution in [3.05, 3.63) is 29.8 Å². The molecule has 0 radical (unpaired) electrons. The van der Waals surface area contributed by atoms with Gasteiger partial charge in [-0.3, -0.25) is 0 Å². The van der Waals surface area contributed by atoms with Crippen LogP contribution in [0, 0.1) is 0 Å². The van der Waals surface area contributed by atoms with E-state index in [0.717, 1.165) is 0 Å². The molecule has 1 aromatic rings. The number of aliphatic carboxylic acids is 1. The van der Waals surface area contributed by atoms with Crippen LogP contribution in [-0.4, -0.2) is 35.6 Å². The molecular formula is C14H18N2O5. The Morgan fingerprint density at radius 1 is 1.33 bits per heavy atom. The zero-order valence-corrected chi connectivity index (χ0v) is 12.1. The summed E-state index contributed by atoms with van der Waals surface area (Å²) in [6.07, 6.45) is 0.670. The van der Waals surface area contributed by atoms with Gasteiger partial charge < -0.3 is 14.6 Å². The number of benzene rings is 1. The molecule has 0 fully saturated rings. The Bertz CT molecular complexity index is 534. The second kappa shape index (κ2) is 7.28. The lowest BCUT2D eigenvalue weighted by molar-refractivity contribution is -0.139. The van der Waals surface area contributed by atoms with Crippen molar-refractivity contribution in [2.24, 2.45) is 5.10 Å². The van der Waals surface area contributed by atoms with Gasteiger partial charge in [0.2, 0.25) is 0 Å². The summed E-state index contributed by atoms with van der Waals surface area (Å²) in [6, 6.07) is 6.73. The summed E-state index contributed by atoms with van der Waals surface area (Å²) in [5, 5.41) is 12.3. The fourth-order valence-corrected chi connectivity index (χ4v) is 1.31. The topological polar surface area (TPSA) is 97.2 Å². The van der Waals surface area contributed by atoms with Crippen molar-refractivity contribution >= 4 is 18.3 Å². The first-order chi connectivity index (χ1) is 9.78. The fraction of sp³-hybridized carbons (Fsp3) is 0.357. The maximum atomic E-state index is 11.4. The molecule has 0 aromatic heterocycles. The average molecular weight is 294 g/mol. The van der Waals surface area contributed by atoms with E-state index >= 15 is 0 Å². The van der Waals surface area contributed by atoms with Crippen LogP contribution in [0.5, 0.6) is 5.75 Å². The maximum Gasteiger partial charge on any atom is 0.428 e. The molecule has 0 saturated carbocycles. The van der Waals surface area contributed by atoms with Crippen molar-refractivity contribution in [2.45, 2.75) is 26.4 Å². The summed E-state index contributed by atoms with van der Waals surface area (Å²) in [6.45, 7) is 4.77. The molecule has 0 unspecified atom stereocenters. The number of hydrogen-bond acceptors (Lipinski definition) is 5. The number of nitrogens with zero attached hydrogens (tertiary/aromatic N) is 1. The van der Waals surface area contributed by atoms with E-state index in [-0.39, 0.29) is 0 Å². The van der Waals surface area contributed by atoms with Crippen molar-refractivity contribution in [3.8, 4) is 5.75 Å². The van der Waals surface area contributed by atoms with Gasteiger partial charge in [-0.2, -0.15) is 5.10 Å². The summed E-state index contributed by atoms with van der Waals surface area (Å²) in [7, 11) is 0. The Hall–Kier alpha value is -2.57. The summed E-state index contributed by atoms with van der Waals surface area (Å²) in [4.78, 5) is 21.9. The lowest BCUT2D eigenvalue weighted by Gasteiger charge is -2.18. The van der Waals surface area contributed by atoms with Crippen LogP contribution in [0.15, 0.2) is 29.4 Å². The Kier molecular flexibility index (Phi) is 5.71. The van der Waals surface area contributed by atoms with Gasteiger partial charge in [-0.25, -0.2) is 15.0 Å². The normalized spacial score (nSPS) is 11.2. The number of carbonyl (C=O) groups excluding carboxylic acids is 1. The molecule has 21 heavy (non-hydrogen) atoms. The van der Waals surface area contributed by atoms with Crippen molar-refractivity contribution in [3.63, 3.8) is 0 Å². The van der Waals surface area contributed by atoms with Crippen LogP contribution in [0.2, 0.25) is 0 Å². The molecule has 7 nitrogen and oxygen atoms in total. The molecule has 0 aliphatic carbocycles. The Labute approximate surface area is 122 Å². The van der Waals surface area contributed by atoms with Gasteiger partial charge in [-0.05, 0) is 32.9 Å². The molecule has 0 aliphatic rings. The predicted octanol–water partition coefficient (Wildman–Crippen LogP) is 2.01. The van der Waals surface area contributed by atoms with E-state index in [1.165, 1.54) is 6.21 Å². The maximum absolute atomic E-state index is 11.4. The lowest BCUT2D eigenvalue weighted by atomic mass is 10.2. The molecule has 0 saturated heterocycles. The van der Waals surface area contributed by atoms with E-state index in [1.807, 2.05) is 0 Å². The van der Waals surface area contributed by atoms with Gasteiger partial charge >= 0.3 is 12.1 Å². The van der Waals surface area contributed by atoms with E-state index in [1.54, 1.807) is 45.0 Å². The van der Waals surface area contributed by atoms with Gasteiger partial charge in [0, 0.05) is 5.56 Å². The summed E-state index contributed by atoms with van der Waals surface area (Å²) >= 11 is 0. The molecule has 1 rings (SSSR count). The van der Waals surface area contributed by atoms with Crippen LogP contribution in [0.3, 0.4) is 0 Å². The van der Waals surface area contributed by atoms with Crippen LogP contribution >= 0.6 is 0 Å². The standard InChI is InChI=1S/C14H18N2O5/c1-14(2,3)21-13(19)16-15-8-10-6-4-5-7-11(10)20-9-12(17)18/h4-8H,9H2,1-3H3,(H,16,19)(H,17,18)/b15-8-. The highest BCUT2D eigenvalue weighted by Crippen LogP contribution is 2.15. The first kappa shape index (κ1) is 16.5. The molecule has 0 spiro atoms. The van der Waals surface area contributed by atoms with Crippen LogP contribution in [0.4, 0.5) is 4.79 Å². The first-order valence-corrected chi connectivity index (χ1v) is 6.23. The quantitative estimate of drug-likeness (QED) is 0.639. The number of para-hydroxylation sites is 1. The minimum atomic E-state index is -1.08. The zero-order valence-electron chi connectivity index (χ0n) is 12.1. The van der Waals surface area contributed by atoms with E-state index < -0.39 is 24.3 Å². The molecule has 0 atom stereocenters. The van der Waals surface area contributed by atoms with Crippen molar-refractivity contribution in [1.29, 1.82) is 0 Å². The number of carbonyl (C=O) groups is 2. The molecule has 1 amide bonds. The number of hydrazone groups is 1. The molecule has 7 heteroatoms. The van der Waals surface area contributed by atoms with Crippen molar-refractivity contribution < 1.29 is 24.2 Å². The first-order valence-electron chi connectivity index (χ1n) is 6.23. The number of ether oxygens (including phenoxy) is 2. The molecule has 2 N–H and O–H groups in total. The summed E-state index contributed by atoms with van der Waals surface area (Å²) < 4.78 is 10.1. The molecule has 0 aliphatic heterocycles. The number of rotatable bonds is 5. The monoisotopic (exact) mass is 294 g/mol. The van der Waals surface area contributed by atoms with E-state index in [9.17, 15) is 9.59 Å². The van der Waals surface area contributed by atoms with Crippen LogP contribution in [0.1, 0.15) is 26.3 Å². The van der Waals surface area contributed by atoms with Gasteiger partial charge in [0.25, 0.3) is 0 Å². The molecule has 0 heterocycles. The highest BCUT2D eigenvalue weighted by Gasteiger charge is 2.15. The van der Waals surface area contributed by atoms with E-state index in [0.29, 0.717) is 11.3 Å². The summed E-state index contributed by atoms with van der Waals surface area (Å²) in [5.41, 5.74) is 2.14. The third-order valence-corrected chi connectivity index (χ3v) is 2.03. The average Bonchev–Trinajstić information content (AvgIpc) is 2.35. The van der Waals surface area contributed by atoms with Gasteiger partial charge in [-0.1, -0.05) is 12.1 Å². The highest BCUT2D eigenvalue weighted by atomic mass is 16.6. The number of carboxylic acid groups (broad SMARTS) is 1. The number of carboxylic acids is 1. The zero-order chi connectivity index (χ0) is 15.9. The van der Waals surface area contributed by atoms with Crippen LogP contribution < -0.4 is 10.2 Å². The molecule has 114 valence electrons. The Balaban J connectivity index is 2.63. The summed E-state index contributed by atoms with van der Waals surface area (Å²) in [5.74, 6) is -0.719. The Morgan fingerprint density at radius 2 is 2.00 bits per heavy atom. The fourth-order valence-electron chi connectivity index (χ4n) is 1.31. The van der Waals surface area contributed by atoms with Crippen LogP contribution in [0.25, 0.3) is 0 Å². The van der Waals surface area contributed by atoms with Crippen molar-refractivity contribution in [1.82, 2.24) is 5.43 Å². The van der Waals surface area contributed by atoms with Crippen molar-refractivity contribution in [2.75, 3.05) is 6.61 Å². The molecular weight excluding hydrogens is 276 g/mol. The third kappa shape index (κ3) is 6.95. The Morgan fingerprint density at radius 3 is 2.62 bits per heavy atom. The minimum absolute atomic E-state index is 0.356. The van der Waals surface area contributed by atoms with E-state index in [4.69, 9.17) is 14.6 Å². The van der Waals surface area contributed by atoms with Gasteiger partial charge in [0.15, 0.2) is 6.61 Å².